The van der Waals surface area contributed by atoms with Gasteiger partial charge in [0.25, 0.3) is 0 Å². The number of hydrogen-bond acceptors (Lipinski definition) is 6. The van der Waals surface area contributed by atoms with Crippen LogP contribution in [0.3, 0.4) is 0 Å². The van der Waals surface area contributed by atoms with Crippen molar-refractivity contribution < 1.29 is 22.6 Å². The molecule has 0 saturated heterocycles. The number of rotatable bonds is 8. The molecule has 6 nitrogen and oxygen atoms in total. The predicted molar refractivity (Wildman–Crippen MR) is 103 cm³/mol. The highest BCUT2D eigenvalue weighted by Crippen LogP contribution is 2.49. The van der Waals surface area contributed by atoms with Crippen LogP contribution < -0.4 is 10.1 Å². The Hall–Kier alpha value is -2.40. The minimum atomic E-state index is -3.62. The molecule has 0 aliphatic heterocycles. The van der Waals surface area contributed by atoms with Crippen LogP contribution in [0.4, 0.5) is 0 Å². The highest BCUT2D eigenvalue weighted by atomic mass is 31.2. The van der Waals surface area contributed by atoms with E-state index in [0.29, 0.717) is 23.3 Å². The molecule has 3 rings (SSSR count). The summed E-state index contributed by atoms with van der Waals surface area (Å²) in [6, 6.07) is 16.2. The van der Waals surface area contributed by atoms with Crippen LogP contribution >= 0.6 is 7.82 Å². The Kier molecular flexibility index (Phi) is 6.11. The first-order valence-electron chi connectivity index (χ1n) is 8.72. The van der Waals surface area contributed by atoms with Crippen molar-refractivity contribution in [1.29, 1.82) is 0 Å². The average molecular weight is 388 g/mol. The van der Waals surface area contributed by atoms with Gasteiger partial charge in [0.1, 0.15) is 11.3 Å². The van der Waals surface area contributed by atoms with Crippen LogP contribution in [-0.2, 0) is 20.0 Å². The van der Waals surface area contributed by atoms with E-state index >= 15 is 0 Å². The first-order valence-corrected chi connectivity index (χ1v) is 10.2. The molecular weight excluding hydrogens is 367 g/mol. The summed E-state index contributed by atoms with van der Waals surface area (Å²) in [7, 11) is -3.62. The molecule has 142 valence electrons. The van der Waals surface area contributed by atoms with E-state index in [2.05, 4.69) is 0 Å². The third-order valence-corrected chi connectivity index (χ3v) is 5.41. The van der Waals surface area contributed by atoms with E-state index in [1.54, 1.807) is 44.2 Å². The van der Waals surface area contributed by atoms with Crippen molar-refractivity contribution >= 4 is 18.8 Å². The Balaban J connectivity index is 1.77. The van der Waals surface area contributed by atoms with Crippen LogP contribution in [0.15, 0.2) is 63.8 Å². The van der Waals surface area contributed by atoms with E-state index < -0.39 is 7.82 Å². The Bertz CT molecular complexity index is 999. The standard InChI is InChI=1S/C20H21O6P/c1-3-23-27(22,24-4-2)26-18-11-9-15(10-12-18)13-17-14-16-7-5-6-8-19(16)25-20(17)21/h5-12,14H,3-4,13H2,1-2H3. The maximum atomic E-state index is 12.4. The third-order valence-electron chi connectivity index (χ3n) is 3.82. The van der Waals surface area contributed by atoms with Gasteiger partial charge in [-0.15, -0.1) is 0 Å². The summed E-state index contributed by atoms with van der Waals surface area (Å²) < 4.78 is 33.4. The molecular formula is C20H21O6P. The Labute approximate surface area is 157 Å². The van der Waals surface area contributed by atoms with Gasteiger partial charge in [-0.25, -0.2) is 9.36 Å². The lowest BCUT2D eigenvalue weighted by molar-refractivity contribution is 0.167. The van der Waals surface area contributed by atoms with Crippen LogP contribution in [0.25, 0.3) is 11.0 Å². The van der Waals surface area contributed by atoms with Gasteiger partial charge in [-0.05, 0) is 43.7 Å². The SMILES string of the molecule is CCOP(=O)(OCC)Oc1ccc(Cc2cc3ccccc3oc2=O)cc1. The molecule has 0 aliphatic carbocycles. The summed E-state index contributed by atoms with van der Waals surface area (Å²) in [5.41, 5.74) is 1.67. The normalized spacial score (nSPS) is 11.6. The van der Waals surface area contributed by atoms with E-state index in [4.69, 9.17) is 18.0 Å². The number of benzene rings is 2. The van der Waals surface area contributed by atoms with E-state index in [1.165, 1.54) is 0 Å². The van der Waals surface area contributed by atoms with Crippen molar-refractivity contribution in [1.82, 2.24) is 0 Å². The van der Waals surface area contributed by atoms with Gasteiger partial charge in [-0.3, -0.25) is 9.05 Å². The fraction of sp³-hybridized carbons (Fsp3) is 0.250. The molecule has 3 aromatic rings. The van der Waals surface area contributed by atoms with Gasteiger partial charge < -0.3 is 8.94 Å². The second kappa shape index (κ2) is 8.53. The molecule has 2 aromatic carbocycles. The summed E-state index contributed by atoms with van der Waals surface area (Å²) in [5.74, 6) is 0.370. The molecule has 0 N–H and O–H groups in total. The third kappa shape index (κ3) is 4.86. The van der Waals surface area contributed by atoms with Crippen molar-refractivity contribution in [2.24, 2.45) is 0 Å². The Morgan fingerprint density at radius 1 is 0.963 bits per heavy atom. The maximum Gasteiger partial charge on any atom is 0.530 e. The monoisotopic (exact) mass is 388 g/mol. The van der Waals surface area contributed by atoms with Crippen LogP contribution in [-0.4, -0.2) is 13.2 Å². The van der Waals surface area contributed by atoms with E-state index in [9.17, 15) is 9.36 Å². The van der Waals surface area contributed by atoms with Crippen molar-refractivity contribution in [2.45, 2.75) is 20.3 Å². The molecule has 0 atom stereocenters. The quantitative estimate of drug-likeness (QED) is 0.402. The lowest BCUT2D eigenvalue weighted by atomic mass is 10.1. The van der Waals surface area contributed by atoms with Crippen molar-refractivity contribution in [2.75, 3.05) is 13.2 Å². The van der Waals surface area contributed by atoms with E-state index in [0.717, 1.165) is 10.9 Å². The first kappa shape index (κ1) is 19.4. The highest BCUT2D eigenvalue weighted by molar-refractivity contribution is 7.48. The number of fused-ring (bicyclic) bond motifs is 1. The maximum absolute atomic E-state index is 12.4. The minimum Gasteiger partial charge on any atom is -0.423 e. The Morgan fingerprint density at radius 2 is 1.63 bits per heavy atom. The second-order valence-electron chi connectivity index (χ2n) is 5.79. The zero-order valence-electron chi connectivity index (χ0n) is 15.2. The zero-order chi connectivity index (χ0) is 19.3. The van der Waals surface area contributed by atoms with Crippen LogP contribution in [0, 0.1) is 0 Å². The summed E-state index contributed by atoms with van der Waals surface area (Å²) in [6.45, 7) is 3.86. The number of phosphoric ester groups is 1. The van der Waals surface area contributed by atoms with Crippen LogP contribution in [0.5, 0.6) is 5.75 Å². The predicted octanol–water partition coefficient (Wildman–Crippen LogP) is 4.94. The lowest BCUT2D eigenvalue weighted by Crippen LogP contribution is -2.07. The van der Waals surface area contributed by atoms with Gasteiger partial charge in [0.05, 0.1) is 13.2 Å². The van der Waals surface area contributed by atoms with Gasteiger partial charge in [-0.1, -0.05) is 30.3 Å². The lowest BCUT2D eigenvalue weighted by Gasteiger charge is -2.17. The second-order valence-corrected chi connectivity index (χ2v) is 7.39. The van der Waals surface area contributed by atoms with Gasteiger partial charge in [0, 0.05) is 17.4 Å². The molecule has 0 radical (unpaired) electrons. The van der Waals surface area contributed by atoms with E-state index in [-0.39, 0.29) is 18.8 Å². The average Bonchev–Trinajstić information content (AvgIpc) is 2.64. The summed E-state index contributed by atoms with van der Waals surface area (Å²) in [4.78, 5) is 12.2. The molecule has 0 aliphatic rings. The Morgan fingerprint density at radius 3 is 2.30 bits per heavy atom. The zero-order valence-corrected chi connectivity index (χ0v) is 16.1. The van der Waals surface area contributed by atoms with Crippen LogP contribution in [0.1, 0.15) is 25.0 Å². The first-order chi connectivity index (χ1) is 13.0. The summed E-state index contributed by atoms with van der Waals surface area (Å²) >= 11 is 0. The van der Waals surface area contributed by atoms with Crippen molar-refractivity contribution in [3.05, 3.63) is 76.1 Å². The highest BCUT2D eigenvalue weighted by Gasteiger charge is 2.27. The molecule has 0 saturated carbocycles. The smallest absolute Gasteiger partial charge is 0.423 e. The summed E-state index contributed by atoms with van der Waals surface area (Å²) in [6.07, 6.45) is 0.419. The molecule has 0 fully saturated rings. The molecule has 0 unspecified atom stereocenters. The van der Waals surface area contributed by atoms with Crippen molar-refractivity contribution in [3.8, 4) is 5.75 Å². The molecule has 27 heavy (non-hydrogen) atoms. The topological polar surface area (TPSA) is 75.0 Å². The van der Waals surface area contributed by atoms with Gasteiger partial charge in [0.2, 0.25) is 0 Å². The molecule has 1 heterocycles. The van der Waals surface area contributed by atoms with Gasteiger partial charge in [0.15, 0.2) is 0 Å². The van der Waals surface area contributed by atoms with Gasteiger partial charge >= 0.3 is 13.4 Å². The molecule has 7 heteroatoms. The fourth-order valence-corrected chi connectivity index (χ4v) is 3.84. The number of phosphoric acid groups is 1. The fourth-order valence-electron chi connectivity index (χ4n) is 2.65. The van der Waals surface area contributed by atoms with Gasteiger partial charge in [-0.2, -0.15) is 0 Å². The molecule has 0 spiro atoms. The van der Waals surface area contributed by atoms with E-state index in [1.807, 2.05) is 24.3 Å². The molecule has 0 amide bonds. The molecule has 1 aromatic heterocycles. The summed E-state index contributed by atoms with van der Waals surface area (Å²) in [5, 5.41) is 0.876. The largest absolute Gasteiger partial charge is 0.530 e. The minimum absolute atomic E-state index is 0.215. The number of para-hydroxylation sites is 1. The number of hydrogen-bond donors (Lipinski definition) is 0. The molecule has 0 bridgehead atoms. The van der Waals surface area contributed by atoms with Crippen molar-refractivity contribution in [3.63, 3.8) is 0 Å². The van der Waals surface area contributed by atoms with Crippen LogP contribution in [0.2, 0.25) is 0 Å².